The number of carbonyl (C=O) groups excluding carboxylic acids is 1. The second-order valence-corrected chi connectivity index (χ2v) is 7.27. The van der Waals surface area contributed by atoms with E-state index in [1.165, 1.54) is 4.57 Å². The van der Waals surface area contributed by atoms with E-state index < -0.39 is 11.2 Å². The highest BCUT2D eigenvalue weighted by Gasteiger charge is 2.32. The molecule has 1 unspecified atom stereocenters. The van der Waals surface area contributed by atoms with Crippen LogP contribution >= 0.6 is 0 Å². The van der Waals surface area contributed by atoms with Gasteiger partial charge in [0.15, 0.2) is 0 Å². The molecule has 8 nitrogen and oxygen atoms in total. The van der Waals surface area contributed by atoms with Crippen molar-refractivity contribution in [3.63, 3.8) is 0 Å². The van der Waals surface area contributed by atoms with Gasteiger partial charge < -0.3 is 4.90 Å². The Labute approximate surface area is 161 Å². The molecule has 0 aliphatic carbocycles. The van der Waals surface area contributed by atoms with Gasteiger partial charge in [0.25, 0.3) is 5.56 Å². The van der Waals surface area contributed by atoms with E-state index in [9.17, 15) is 14.4 Å². The highest BCUT2D eigenvalue weighted by atomic mass is 16.2. The minimum atomic E-state index is -0.490. The number of nitrogens with zero attached hydrogens (tertiary/aromatic N) is 3. The van der Waals surface area contributed by atoms with Crippen molar-refractivity contribution in [1.82, 2.24) is 24.6 Å². The fourth-order valence-electron chi connectivity index (χ4n) is 4.23. The summed E-state index contributed by atoms with van der Waals surface area (Å²) >= 11 is 0. The lowest BCUT2D eigenvalue weighted by molar-refractivity contribution is -0.132. The molecule has 3 aromatic rings. The van der Waals surface area contributed by atoms with Gasteiger partial charge in [0.05, 0.1) is 22.6 Å². The number of nitrogens with one attached hydrogen (secondary N) is 2. The highest BCUT2D eigenvalue weighted by molar-refractivity contribution is 5.79. The van der Waals surface area contributed by atoms with E-state index >= 15 is 0 Å². The average molecular weight is 381 g/mol. The smallest absolute Gasteiger partial charge is 0.328 e. The van der Waals surface area contributed by atoms with Crippen molar-refractivity contribution in [3.05, 3.63) is 62.1 Å². The number of aryl methyl sites for hydroxylation is 3. The summed E-state index contributed by atoms with van der Waals surface area (Å²) in [4.78, 5) is 41.5. The van der Waals surface area contributed by atoms with Gasteiger partial charge >= 0.3 is 5.69 Å². The second-order valence-electron chi connectivity index (χ2n) is 7.27. The molecule has 4 rings (SSSR count). The summed E-state index contributed by atoms with van der Waals surface area (Å²) in [5.74, 6) is 0.00433. The molecule has 1 saturated heterocycles. The van der Waals surface area contributed by atoms with Crippen LogP contribution in [0.4, 0.5) is 0 Å². The largest absolute Gasteiger partial charge is 0.335 e. The monoisotopic (exact) mass is 381 g/mol. The van der Waals surface area contributed by atoms with Gasteiger partial charge in [0.2, 0.25) is 5.91 Å². The SMILES string of the molecule is Cc1n[nH]c(C)c1C1CCCN1C(=O)CCn1c(=O)[nH]c(=O)c2ccccc21. The molecular formula is C20H23N5O3. The van der Waals surface area contributed by atoms with E-state index in [2.05, 4.69) is 15.2 Å². The normalized spacial score (nSPS) is 16.8. The minimum absolute atomic E-state index is 0.00433. The summed E-state index contributed by atoms with van der Waals surface area (Å²) in [7, 11) is 0. The van der Waals surface area contributed by atoms with Crippen molar-refractivity contribution in [1.29, 1.82) is 0 Å². The van der Waals surface area contributed by atoms with Crippen LogP contribution in [0.15, 0.2) is 33.9 Å². The van der Waals surface area contributed by atoms with Gasteiger partial charge in [-0.1, -0.05) is 12.1 Å². The Bertz CT molecular complexity index is 1140. The summed E-state index contributed by atoms with van der Waals surface area (Å²) in [6.45, 7) is 4.85. The quantitative estimate of drug-likeness (QED) is 0.719. The minimum Gasteiger partial charge on any atom is -0.335 e. The zero-order valence-electron chi connectivity index (χ0n) is 16.0. The van der Waals surface area contributed by atoms with E-state index in [0.717, 1.165) is 29.8 Å². The fraction of sp³-hybridized carbons (Fsp3) is 0.400. The molecule has 1 aliphatic rings. The molecule has 0 radical (unpaired) electrons. The van der Waals surface area contributed by atoms with E-state index in [-0.39, 0.29) is 24.9 Å². The van der Waals surface area contributed by atoms with E-state index in [1.54, 1.807) is 24.3 Å². The van der Waals surface area contributed by atoms with Crippen molar-refractivity contribution < 1.29 is 4.79 Å². The number of rotatable bonds is 4. The third-order valence-corrected chi connectivity index (χ3v) is 5.55. The van der Waals surface area contributed by atoms with Crippen LogP contribution in [-0.2, 0) is 11.3 Å². The predicted octanol–water partition coefficient (Wildman–Crippen LogP) is 1.78. The average Bonchev–Trinajstić information content (AvgIpc) is 3.27. The molecule has 2 aromatic heterocycles. The van der Waals surface area contributed by atoms with Gasteiger partial charge in [-0.3, -0.25) is 24.2 Å². The van der Waals surface area contributed by atoms with Gasteiger partial charge in [-0.15, -0.1) is 0 Å². The van der Waals surface area contributed by atoms with Crippen LogP contribution < -0.4 is 11.2 Å². The van der Waals surface area contributed by atoms with Crippen molar-refractivity contribution >= 4 is 16.8 Å². The molecule has 0 saturated carbocycles. The Morgan fingerprint density at radius 3 is 2.79 bits per heavy atom. The Kier molecular flexibility index (Phi) is 4.62. The topological polar surface area (TPSA) is 104 Å². The number of amides is 1. The Hall–Kier alpha value is -3.16. The zero-order valence-corrected chi connectivity index (χ0v) is 16.0. The molecule has 1 fully saturated rings. The lowest BCUT2D eigenvalue weighted by Gasteiger charge is -2.25. The number of carbonyl (C=O) groups is 1. The van der Waals surface area contributed by atoms with Gasteiger partial charge in [0.1, 0.15) is 0 Å². The Balaban J connectivity index is 1.58. The van der Waals surface area contributed by atoms with E-state index in [4.69, 9.17) is 0 Å². The number of H-pyrrole nitrogens is 2. The molecule has 1 aromatic carbocycles. The molecule has 2 N–H and O–H groups in total. The van der Waals surface area contributed by atoms with E-state index in [0.29, 0.717) is 17.4 Å². The first-order valence-electron chi connectivity index (χ1n) is 9.50. The van der Waals surface area contributed by atoms with Crippen molar-refractivity contribution in [3.8, 4) is 0 Å². The second kappa shape index (κ2) is 7.10. The summed E-state index contributed by atoms with van der Waals surface area (Å²) < 4.78 is 1.47. The third-order valence-electron chi connectivity index (χ3n) is 5.55. The Morgan fingerprint density at radius 1 is 1.25 bits per heavy atom. The fourth-order valence-corrected chi connectivity index (χ4v) is 4.23. The van der Waals surface area contributed by atoms with Crippen LogP contribution in [0.2, 0.25) is 0 Å². The van der Waals surface area contributed by atoms with Crippen LogP contribution in [0.5, 0.6) is 0 Å². The molecule has 1 amide bonds. The maximum Gasteiger partial charge on any atom is 0.328 e. The lowest BCUT2D eigenvalue weighted by atomic mass is 10.0. The molecule has 1 atom stereocenters. The molecule has 28 heavy (non-hydrogen) atoms. The molecule has 0 bridgehead atoms. The number of aromatic amines is 2. The molecule has 0 spiro atoms. The number of fused-ring (bicyclic) bond motifs is 1. The molecule has 8 heteroatoms. The van der Waals surface area contributed by atoms with Crippen LogP contribution in [0.1, 0.15) is 42.3 Å². The predicted molar refractivity (Wildman–Crippen MR) is 105 cm³/mol. The van der Waals surface area contributed by atoms with Gasteiger partial charge in [0, 0.05) is 30.8 Å². The molecule has 3 heterocycles. The van der Waals surface area contributed by atoms with Gasteiger partial charge in [-0.05, 0) is 38.8 Å². The van der Waals surface area contributed by atoms with Crippen molar-refractivity contribution in [2.45, 2.75) is 45.7 Å². The first-order chi connectivity index (χ1) is 13.5. The maximum absolute atomic E-state index is 13.0. The van der Waals surface area contributed by atoms with Crippen molar-refractivity contribution in [2.24, 2.45) is 0 Å². The number of hydrogen-bond donors (Lipinski definition) is 2. The lowest BCUT2D eigenvalue weighted by Crippen LogP contribution is -2.34. The number of benzene rings is 1. The van der Waals surface area contributed by atoms with Crippen LogP contribution in [-0.4, -0.2) is 37.1 Å². The summed E-state index contributed by atoms with van der Waals surface area (Å²) in [6, 6.07) is 6.96. The highest BCUT2D eigenvalue weighted by Crippen LogP contribution is 2.35. The van der Waals surface area contributed by atoms with Crippen LogP contribution in [0.25, 0.3) is 10.9 Å². The maximum atomic E-state index is 13.0. The molecular weight excluding hydrogens is 358 g/mol. The first-order valence-corrected chi connectivity index (χ1v) is 9.50. The zero-order chi connectivity index (χ0) is 19.8. The van der Waals surface area contributed by atoms with Gasteiger partial charge in [-0.25, -0.2) is 4.79 Å². The molecule has 146 valence electrons. The summed E-state index contributed by atoms with van der Waals surface area (Å²) in [5.41, 5.74) is 2.65. The van der Waals surface area contributed by atoms with Gasteiger partial charge in [-0.2, -0.15) is 5.10 Å². The van der Waals surface area contributed by atoms with Crippen LogP contribution in [0.3, 0.4) is 0 Å². The third kappa shape index (κ3) is 3.04. The van der Waals surface area contributed by atoms with Crippen molar-refractivity contribution in [2.75, 3.05) is 6.54 Å². The number of para-hydroxylation sites is 1. The number of hydrogen-bond acceptors (Lipinski definition) is 4. The molecule has 1 aliphatic heterocycles. The summed E-state index contributed by atoms with van der Waals surface area (Å²) in [6.07, 6.45) is 2.05. The standard InChI is InChI=1S/C20H23N5O3/c1-12-18(13(2)23-22-12)16-8-5-10-24(16)17(26)9-11-25-15-7-4-3-6-14(15)19(27)21-20(25)28/h3-4,6-7,16H,5,8-11H2,1-2H3,(H,22,23)(H,21,27,28). The number of aromatic nitrogens is 4. The first kappa shape index (κ1) is 18.2. The number of likely N-dealkylation sites (tertiary alicyclic amines) is 1. The summed E-state index contributed by atoms with van der Waals surface area (Å²) in [5, 5.41) is 7.70. The van der Waals surface area contributed by atoms with Crippen LogP contribution in [0, 0.1) is 13.8 Å². The van der Waals surface area contributed by atoms with E-state index in [1.807, 2.05) is 18.7 Å². The Morgan fingerprint density at radius 2 is 2.04 bits per heavy atom.